The number of ether oxygens (including phenoxy) is 1. The third-order valence-electron chi connectivity index (χ3n) is 2.51. The van der Waals surface area contributed by atoms with Crippen LogP contribution in [0.25, 0.3) is 10.2 Å². The molecule has 1 aromatic carbocycles. The van der Waals surface area contributed by atoms with E-state index in [-0.39, 0.29) is 11.8 Å². The quantitative estimate of drug-likeness (QED) is 0.554. The van der Waals surface area contributed by atoms with Crippen LogP contribution in [0.2, 0.25) is 0 Å². The van der Waals surface area contributed by atoms with Gasteiger partial charge in [-0.15, -0.1) is 11.3 Å². The second-order valence-corrected chi connectivity index (χ2v) is 5.58. The molecule has 0 aliphatic rings. The predicted octanol–water partition coefficient (Wildman–Crippen LogP) is 3.67. The lowest BCUT2D eigenvalue weighted by molar-refractivity contribution is 0.467. The Labute approximate surface area is 125 Å². The molecule has 3 N–H and O–H groups in total. The Hall–Kier alpha value is -1.77. The van der Waals surface area contributed by atoms with Crippen LogP contribution in [0.1, 0.15) is 0 Å². The van der Waals surface area contributed by atoms with Crippen LogP contribution < -0.4 is 16.0 Å². The number of hydrazine groups is 1. The van der Waals surface area contributed by atoms with Gasteiger partial charge in [-0.3, -0.25) is 5.43 Å². The van der Waals surface area contributed by atoms with E-state index in [2.05, 4.69) is 31.3 Å². The highest BCUT2D eigenvalue weighted by Crippen LogP contribution is 2.33. The van der Waals surface area contributed by atoms with E-state index >= 15 is 0 Å². The summed E-state index contributed by atoms with van der Waals surface area (Å²) < 4.78 is 20.0. The summed E-state index contributed by atoms with van der Waals surface area (Å²) in [5.74, 6) is 6.07. The van der Waals surface area contributed by atoms with Crippen molar-refractivity contribution in [2.45, 2.75) is 0 Å². The largest absolute Gasteiger partial charge is 0.437 e. The summed E-state index contributed by atoms with van der Waals surface area (Å²) in [5, 5.41) is 1.88. The Morgan fingerprint density at radius 1 is 1.30 bits per heavy atom. The van der Waals surface area contributed by atoms with Crippen LogP contribution in [-0.2, 0) is 0 Å². The molecule has 8 heteroatoms. The molecule has 0 amide bonds. The summed E-state index contributed by atoms with van der Waals surface area (Å²) in [6.45, 7) is 0. The normalized spacial score (nSPS) is 10.8. The SMILES string of the molecule is NNc1nc(Oc2ccc(F)c(Br)c2)c2sccc2n1. The molecule has 5 nitrogen and oxygen atoms in total. The van der Waals surface area contributed by atoms with Crippen molar-refractivity contribution in [3.63, 3.8) is 0 Å². The van der Waals surface area contributed by atoms with E-state index in [1.807, 2.05) is 11.4 Å². The smallest absolute Gasteiger partial charge is 0.242 e. The van der Waals surface area contributed by atoms with Crippen LogP contribution in [0, 0.1) is 5.82 Å². The highest BCUT2D eigenvalue weighted by Gasteiger charge is 2.11. The number of hydrogen-bond acceptors (Lipinski definition) is 6. The van der Waals surface area contributed by atoms with E-state index in [9.17, 15) is 4.39 Å². The minimum atomic E-state index is -0.356. The molecule has 20 heavy (non-hydrogen) atoms. The highest BCUT2D eigenvalue weighted by atomic mass is 79.9. The van der Waals surface area contributed by atoms with Crippen molar-refractivity contribution in [1.82, 2.24) is 9.97 Å². The molecule has 0 bridgehead atoms. The molecular formula is C12H8BrFN4OS. The van der Waals surface area contributed by atoms with Crippen LogP contribution in [0.15, 0.2) is 34.1 Å². The van der Waals surface area contributed by atoms with Gasteiger partial charge in [-0.2, -0.15) is 4.98 Å². The fourth-order valence-electron chi connectivity index (χ4n) is 1.62. The van der Waals surface area contributed by atoms with E-state index in [0.717, 1.165) is 10.2 Å². The summed E-state index contributed by atoms with van der Waals surface area (Å²) in [7, 11) is 0. The number of benzene rings is 1. The standard InChI is InChI=1S/C12H8BrFN4OS/c13-7-5-6(1-2-8(7)14)19-11-10-9(3-4-20-10)16-12(17-11)18-15/h1-5H,15H2,(H,16,17,18). The van der Waals surface area contributed by atoms with E-state index < -0.39 is 0 Å². The molecule has 3 rings (SSSR count). The topological polar surface area (TPSA) is 73.1 Å². The minimum Gasteiger partial charge on any atom is -0.437 e. The molecule has 3 aromatic rings. The van der Waals surface area contributed by atoms with Gasteiger partial charge in [-0.05, 0) is 45.6 Å². The molecule has 0 fully saturated rings. The molecule has 0 unspecified atom stereocenters. The number of fused-ring (bicyclic) bond motifs is 1. The first-order valence-electron chi connectivity index (χ1n) is 5.52. The van der Waals surface area contributed by atoms with Gasteiger partial charge in [0.15, 0.2) is 0 Å². The summed E-state index contributed by atoms with van der Waals surface area (Å²) in [4.78, 5) is 8.37. The van der Waals surface area contributed by atoms with Gasteiger partial charge in [0.2, 0.25) is 11.8 Å². The van der Waals surface area contributed by atoms with E-state index in [1.165, 1.54) is 29.5 Å². The number of anilines is 1. The van der Waals surface area contributed by atoms with Crippen molar-refractivity contribution in [2.75, 3.05) is 5.43 Å². The number of nitrogen functional groups attached to an aromatic ring is 1. The Kier molecular flexibility index (Phi) is 3.51. The van der Waals surface area contributed by atoms with Gasteiger partial charge in [0.05, 0.1) is 9.99 Å². The highest BCUT2D eigenvalue weighted by molar-refractivity contribution is 9.10. The number of hydrogen-bond donors (Lipinski definition) is 2. The lowest BCUT2D eigenvalue weighted by atomic mass is 10.3. The van der Waals surface area contributed by atoms with Gasteiger partial charge in [-0.1, -0.05) is 0 Å². The van der Waals surface area contributed by atoms with E-state index in [1.54, 1.807) is 0 Å². The van der Waals surface area contributed by atoms with Crippen molar-refractivity contribution in [3.8, 4) is 11.6 Å². The summed E-state index contributed by atoms with van der Waals surface area (Å²) in [6.07, 6.45) is 0. The number of aromatic nitrogens is 2. The van der Waals surface area contributed by atoms with E-state index in [0.29, 0.717) is 16.1 Å². The first kappa shape index (κ1) is 13.2. The maximum Gasteiger partial charge on any atom is 0.242 e. The lowest BCUT2D eigenvalue weighted by Crippen LogP contribution is -2.10. The Bertz CT molecular complexity index is 779. The second kappa shape index (κ2) is 5.31. The van der Waals surface area contributed by atoms with Crippen molar-refractivity contribution >= 4 is 43.4 Å². The van der Waals surface area contributed by atoms with Gasteiger partial charge >= 0.3 is 0 Å². The van der Waals surface area contributed by atoms with Crippen molar-refractivity contribution in [3.05, 3.63) is 39.9 Å². The molecule has 102 valence electrons. The maximum atomic E-state index is 13.2. The second-order valence-electron chi connectivity index (χ2n) is 3.81. The van der Waals surface area contributed by atoms with Gasteiger partial charge in [0.1, 0.15) is 16.3 Å². The van der Waals surface area contributed by atoms with Crippen molar-refractivity contribution in [2.24, 2.45) is 5.84 Å². The van der Waals surface area contributed by atoms with Crippen molar-refractivity contribution in [1.29, 1.82) is 0 Å². The summed E-state index contributed by atoms with van der Waals surface area (Å²) >= 11 is 4.57. The van der Waals surface area contributed by atoms with Crippen LogP contribution in [-0.4, -0.2) is 9.97 Å². The third kappa shape index (κ3) is 2.45. The molecule has 2 heterocycles. The first-order valence-corrected chi connectivity index (χ1v) is 7.19. The van der Waals surface area contributed by atoms with Gasteiger partial charge in [0, 0.05) is 0 Å². The molecule has 0 aliphatic carbocycles. The maximum absolute atomic E-state index is 13.2. The zero-order valence-electron chi connectivity index (χ0n) is 9.93. The average molecular weight is 355 g/mol. The molecule has 0 spiro atoms. The molecule has 0 radical (unpaired) electrons. The Balaban J connectivity index is 2.04. The van der Waals surface area contributed by atoms with Gasteiger partial charge in [0.25, 0.3) is 0 Å². The molecular weight excluding hydrogens is 347 g/mol. The summed E-state index contributed by atoms with van der Waals surface area (Å²) in [5.41, 5.74) is 3.12. The van der Waals surface area contributed by atoms with Crippen molar-refractivity contribution < 1.29 is 9.13 Å². The number of nitrogens with zero attached hydrogens (tertiary/aromatic N) is 2. The zero-order valence-corrected chi connectivity index (χ0v) is 12.3. The molecule has 0 atom stereocenters. The fourth-order valence-corrected chi connectivity index (χ4v) is 2.74. The van der Waals surface area contributed by atoms with E-state index in [4.69, 9.17) is 10.6 Å². The monoisotopic (exact) mass is 354 g/mol. The number of rotatable bonds is 3. The zero-order chi connectivity index (χ0) is 14.1. The average Bonchev–Trinajstić information content (AvgIpc) is 2.91. The third-order valence-corrected chi connectivity index (χ3v) is 4.01. The first-order chi connectivity index (χ1) is 9.67. The van der Waals surface area contributed by atoms with Gasteiger partial charge < -0.3 is 4.74 Å². The Morgan fingerprint density at radius 2 is 2.15 bits per heavy atom. The van der Waals surface area contributed by atoms with Crippen LogP contribution >= 0.6 is 27.3 Å². The van der Waals surface area contributed by atoms with Gasteiger partial charge in [-0.25, -0.2) is 15.2 Å². The Morgan fingerprint density at radius 3 is 2.90 bits per heavy atom. The fraction of sp³-hybridized carbons (Fsp3) is 0. The van der Waals surface area contributed by atoms with Crippen LogP contribution in [0.5, 0.6) is 11.6 Å². The minimum absolute atomic E-state index is 0.257. The summed E-state index contributed by atoms with van der Waals surface area (Å²) in [6, 6.07) is 6.22. The van der Waals surface area contributed by atoms with Crippen LogP contribution in [0.3, 0.4) is 0 Å². The number of thiophene rings is 1. The molecule has 2 aromatic heterocycles. The predicted molar refractivity (Wildman–Crippen MR) is 79.4 cm³/mol. The molecule has 0 aliphatic heterocycles. The number of nitrogens with one attached hydrogen (secondary N) is 1. The molecule has 0 saturated carbocycles. The molecule has 0 saturated heterocycles. The number of nitrogens with two attached hydrogens (primary N) is 1. The van der Waals surface area contributed by atoms with Crippen LogP contribution in [0.4, 0.5) is 10.3 Å². The number of halogens is 2. The lowest BCUT2D eigenvalue weighted by Gasteiger charge is -2.08.